The minimum Gasteiger partial charge on any atom is -0.102 e. The van der Waals surface area contributed by atoms with Crippen molar-refractivity contribution in [2.75, 3.05) is 0 Å². The first-order valence-corrected chi connectivity index (χ1v) is 4.87. The van der Waals surface area contributed by atoms with Crippen LogP contribution in [-0.2, 0) is 0 Å². The first-order chi connectivity index (χ1) is 6.31. The van der Waals surface area contributed by atoms with Gasteiger partial charge in [0.2, 0.25) is 0 Å². The van der Waals surface area contributed by atoms with Crippen molar-refractivity contribution in [2.24, 2.45) is 0 Å². The Bertz CT molecular complexity index is 308. The molecule has 1 fully saturated rings. The third-order valence-electron chi connectivity index (χ3n) is 2.67. The summed E-state index contributed by atoms with van der Waals surface area (Å²) >= 11 is 0. The number of hydrogen-bond donors (Lipinski definition) is 0. The van der Waals surface area contributed by atoms with Crippen LogP contribution in [0.25, 0.3) is 0 Å². The molecule has 0 heteroatoms. The fourth-order valence-electron chi connectivity index (χ4n) is 1.60. The fourth-order valence-corrected chi connectivity index (χ4v) is 1.60. The van der Waals surface area contributed by atoms with E-state index in [4.69, 9.17) is 0 Å². The van der Waals surface area contributed by atoms with Crippen LogP contribution in [0.2, 0.25) is 0 Å². The summed E-state index contributed by atoms with van der Waals surface area (Å²) < 4.78 is 0. The predicted molar refractivity (Wildman–Crippen MR) is 56.7 cm³/mol. The molecule has 1 unspecified atom stereocenters. The monoisotopic (exact) mass is 171 g/mol. The molecule has 0 bridgehead atoms. The van der Waals surface area contributed by atoms with E-state index in [9.17, 15) is 0 Å². The van der Waals surface area contributed by atoms with Crippen molar-refractivity contribution in [3.63, 3.8) is 0 Å². The fraction of sp³-hybridized carbons (Fsp3) is 0.308. The van der Waals surface area contributed by atoms with Crippen LogP contribution < -0.4 is 0 Å². The lowest BCUT2D eigenvalue weighted by Crippen LogP contribution is -1.90. The average molecular weight is 171 g/mol. The Morgan fingerprint density at radius 1 is 1.38 bits per heavy atom. The summed E-state index contributed by atoms with van der Waals surface area (Å²) in [5.74, 6) is 1.07. The number of benzene rings is 1. The van der Waals surface area contributed by atoms with E-state index in [0.29, 0.717) is 0 Å². The van der Waals surface area contributed by atoms with Gasteiger partial charge in [-0.15, -0.1) is 6.58 Å². The Kier molecular flexibility index (Phi) is 2.22. The molecule has 1 atom stereocenters. The van der Waals surface area contributed by atoms with Crippen LogP contribution >= 0.6 is 0 Å². The molecule has 1 aromatic carbocycles. The van der Waals surface area contributed by atoms with Gasteiger partial charge in [0.05, 0.1) is 0 Å². The van der Waals surface area contributed by atoms with Gasteiger partial charge in [-0.2, -0.15) is 0 Å². The second kappa shape index (κ2) is 3.37. The Morgan fingerprint density at radius 3 is 2.77 bits per heavy atom. The maximum atomic E-state index is 4.03. The zero-order valence-electron chi connectivity index (χ0n) is 7.87. The molecule has 0 amide bonds. The van der Waals surface area contributed by atoms with Gasteiger partial charge in [0.15, 0.2) is 0 Å². The van der Waals surface area contributed by atoms with E-state index in [0.717, 1.165) is 5.92 Å². The van der Waals surface area contributed by atoms with Gasteiger partial charge >= 0.3 is 0 Å². The Hall–Kier alpha value is -1.04. The number of allylic oxidation sites excluding steroid dienone is 1. The molecular weight excluding hydrogens is 156 g/mol. The molecule has 0 heterocycles. The zero-order valence-corrected chi connectivity index (χ0v) is 7.87. The lowest BCUT2D eigenvalue weighted by atomic mass is 9.98. The molecule has 1 radical (unpaired) electrons. The summed E-state index contributed by atoms with van der Waals surface area (Å²) in [6.07, 6.45) is 4.62. The summed E-state index contributed by atoms with van der Waals surface area (Å²) in [6, 6.07) is 8.75. The standard InChI is InChI=1S/C13H15/c1-3-10(2)12-5-4-6-13(9-12)11-7-8-11/h3-6,9-11H,1-2,7-8H2. The highest BCUT2D eigenvalue weighted by Gasteiger charge is 2.23. The van der Waals surface area contributed by atoms with Crippen molar-refractivity contribution in [3.8, 4) is 0 Å². The molecule has 0 saturated heterocycles. The second-order valence-corrected chi connectivity index (χ2v) is 3.79. The van der Waals surface area contributed by atoms with Crippen LogP contribution in [0.3, 0.4) is 0 Å². The Balaban J connectivity index is 2.25. The molecule has 1 saturated carbocycles. The van der Waals surface area contributed by atoms with Crippen molar-refractivity contribution in [1.82, 2.24) is 0 Å². The largest absolute Gasteiger partial charge is 0.102 e. The topological polar surface area (TPSA) is 0 Å². The predicted octanol–water partition coefficient (Wildman–Crippen LogP) is 3.67. The van der Waals surface area contributed by atoms with Crippen molar-refractivity contribution in [3.05, 3.63) is 55.0 Å². The van der Waals surface area contributed by atoms with Gasteiger partial charge in [-0.1, -0.05) is 30.3 Å². The van der Waals surface area contributed by atoms with Crippen molar-refractivity contribution in [2.45, 2.75) is 24.7 Å². The third kappa shape index (κ3) is 1.82. The van der Waals surface area contributed by atoms with Gasteiger partial charge in [-0.3, -0.25) is 0 Å². The van der Waals surface area contributed by atoms with Gasteiger partial charge in [0.1, 0.15) is 0 Å². The lowest BCUT2D eigenvalue weighted by molar-refractivity contribution is 1.05. The van der Waals surface area contributed by atoms with Crippen LogP contribution in [0.1, 0.15) is 35.8 Å². The molecule has 1 aromatic rings. The van der Waals surface area contributed by atoms with Crippen molar-refractivity contribution >= 4 is 0 Å². The molecule has 13 heavy (non-hydrogen) atoms. The van der Waals surface area contributed by atoms with E-state index in [2.05, 4.69) is 37.8 Å². The summed E-state index contributed by atoms with van der Waals surface area (Å²) in [6.45, 7) is 7.79. The van der Waals surface area contributed by atoms with Crippen molar-refractivity contribution in [1.29, 1.82) is 0 Å². The summed E-state index contributed by atoms with van der Waals surface area (Å²) in [5.41, 5.74) is 2.77. The van der Waals surface area contributed by atoms with E-state index in [1.807, 2.05) is 6.08 Å². The molecule has 67 valence electrons. The molecule has 0 N–H and O–H groups in total. The van der Waals surface area contributed by atoms with Gasteiger partial charge in [0.25, 0.3) is 0 Å². The molecule has 0 nitrogen and oxygen atoms in total. The quantitative estimate of drug-likeness (QED) is 0.609. The van der Waals surface area contributed by atoms with Crippen LogP contribution in [-0.4, -0.2) is 0 Å². The average Bonchev–Trinajstić information content (AvgIpc) is 3.00. The van der Waals surface area contributed by atoms with E-state index >= 15 is 0 Å². The highest BCUT2D eigenvalue weighted by Crippen LogP contribution is 2.40. The van der Waals surface area contributed by atoms with Gasteiger partial charge < -0.3 is 0 Å². The Morgan fingerprint density at radius 2 is 2.15 bits per heavy atom. The lowest BCUT2D eigenvalue weighted by Gasteiger charge is -2.07. The molecule has 0 aliphatic heterocycles. The number of rotatable bonds is 3. The van der Waals surface area contributed by atoms with E-state index in [1.165, 1.54) is 24.0 Å². The van der Waals surface area contributed by atoms with Gasteiger partial charge in [-0.05, 0) is 36.8 Å². The van der Waals surface area contributed by atoms with E-state index in [-0.39, 0.29) is 5.92 Å². The third-order valence-corrected chi connectivity index (χ3v) is 2.67. The summed E-state index contributed by atoms with van der Waals surface area (Å²) in [5, 5.41) is 0. The molecule has 0 spiro atoms. The first kappa shape index (κ1) is 8.55. The summed E-state index contributed by atoms with van der Waals surface area (Å²) in [7, 11) is 0. The Labute approximate surface area is 80.3 Å². The highest BCUT2D eigenvalue weighted by atomic mass is 14.3. The smallest absolute Gasteiger partial charge is 0.00157 e. The molecule has 1 aliphatic rings. The van der Waals surface area contributed by atoms with Crippen LogP contribution in [0, 0.1) is 6.92 Å². The van der Waals surface area contributed by atoms with Crippen LogP contribution in [0.5, 0.6) is 0 Å². The maximum absolute atomic E-state index is 4.03. The maximum Gasteiger partial charge on any atom is 0.00157 e. The van der Waals surface area contributed by atoms with Crippen LogP contribution in [0.15, 0.2) is 36.9 Å². The normalized spacial score (nSPS) is 18.2. The van der Waals surface area contributed by atoms with E-state index in [1.54, 1.807) is 0 Å². The molecule has 0 aromatic heterocycles. The van der Waals surface area contributed by atoms with E-state index < -0.39 is 0 Å². The zero-order chi connectivity index (χ0) is 9.26. The SMILES string of the molecule is [CH2]C(C=C)c1cccc(C2CC2)c1. The van der Waals surface area contributed by atoms with Crippen molar-refractivity contribution < 1.29 is 0 Å². The molecule has 1 aliphatic carbocycles. The molecular formula is C13H15. The molecule has 2 rings (SSSR count). The van der Waals surface area contributed by atoms with Gasteiger partial charge in [0, 0.05) is 5.92 Å². The minimum absolute atomic E-state index is 0.235. The summed E-state index contributed by atoms with van der Waals surface area (Å²) in [4.78, 5) is 0. The number of hydrogen-bond acceptors (Lipinski definition) is 0. The second-order valence-electron chi connectivity index (χ2n) is 3.79. The highest BCUT2D eigenvalue weighted by molar-refractivity contribution is 5.33. The minimum atomic E-state index is 0.235. The van der Waals surface area contributed by atoms with Gasteiger partial charge in [-0.25, -0.2) is 0 Å². The van der Waals surface area contributed by atoms with Crippen LogP contribution in [0.4, 0.5) is 0 Å². The first-order valence-electron chi connectivity index (χ1n) is 4.87.